The number of esters is 2. The second kappa shape index (κ2) is 9.50. The maximum absolute atomic E-state index is 13.7. The van der Waals surface area contributed by atoms with Crippen LogP contribution in [0.1, 0.15) is 55.3 Å². The molecule has 1 N–H and O–H groups in total. The van der Waals surface area contributed by atoms with E-state index in [1.807, 2.05) is 30.3 Å². The number of ether oxygens (including phenoxy) is 2. The first kappa shape index (κ1) is 23.0. The van der Waals surface area contributed by atoms with Gasteiger partial charge in [-0.15, -0.1) is 0 Å². The lowest BCUT2D eigenvalue weighted by molar-refractivity contribution is 0.0525. The standard InChI is InChI=1S/C28H23N3O5/c1-3-36-28(34)20-13-15-21(16-14-20)31-25(18-9-11-19(12-10-18)27(33)35-2)22-23(17-7-5-4-6-8-17)29-30-24(22)26(31)32/h4-16,25H,3H2,1-2H3,(H,29,30)/t25-/m1/s1. The van der Waals surface area contributed by atoms with Crippen molar-refractivity contribution in [1.29, 1.82) is 0 Å². The molecule has 180 valence electrons. The molecule has 1 amide bonds. The third-order valence-electron chi connectivity index (χ3n) is 6.12. The van der Waals surface area contributed by atoms with Crippen LogP contribution in [0, 0.1) is 0 Å². The lowest BCUT2D eigenvalue weighted by atomic mass is 9.95. The van der Waals surface area contributed by atoms with Crippen LogP contribution in [-0.4, -0.2) is 41.8 Å². The lowest BCUT2D eigenvalue weighted by Crippen LogP contribution is -2.29. The van der Waals surface area contributed by atoms with E-state index in [-0.39, 0.29) is 12.5 Å². The quantitative estimate of drug-likeness (QED) is 0.398. The van der Waals surface area contributed by atoms with E-state index in [2.05, 4.69) is 10.2 Å². The number of hydrogen-bond donors (Lipinski definition) is 1. The van der Waals surface area contributed by atoms with Gasteiger partial charge in [0.1, 0.15) is 5.69 Å². The van der Waals surface area contributed by atoms with Crippen molar-refractivity contribution in [1.82, 2.24) is 10.2 Å². The zero-order chi connectivity index (χ0) is 25.2. The SMILES string of the molecule is CCOC(=O)c1ccc(N2C(=O)c3[nH]nc(-c4ccccc4)c3[C@H]2c2ccc(C(=O)OC)cc2)cc1. The number of carbonyl (C=O) groups is 3. The largest absolute Gasteiger partial charge is 0.465 e. The summed E-state index contributed by atoms with van der Waals surface area (Å²) in [5.41, 5.74) is 4.89. The van der Waals surface area contributed by atoms with Crippen LogP contribution in [0.15, 0.2) is 78.9 Å². The van der Waals surface area contributed by atoms with Gasteiger partial charge in [0.25, 0.3) is 5.91 Å². The molecule has 0 spiro atoms. The number of benzene rings is 3. The molecule has 0 radical (unpaired) electrons. The monoisotopic (exact) mass is 481 g/mol. The third-order valence-corrected chi connectivity index (χ3v) is 6.12. The number of aromatic amines is 1. The number of aromatic nitrogens is 2. The van der Waals surface area contributed by atoms with Gasteiger partial charge in [-0.25, -0.2) is 9.59 Å². The van der Waals surface area contributed by atoms with Crippen molar-refractivity contribution in [3.63, 3.8) is 0 Å². The molecule has 0 unspecified atom stereocenters. The summed E-state index contributed by atoms with van der Waals surface area (Å²) in [7, 11) is 1.33. The smallest absolute Gasteiger partial charge is 0.338 e. The normalized spacial score (nSPS) is 14.4. The molecule has 8 nitrogen and oxygen atoms in total. The average molecular weight is 482 g/mol. The molecule has 36 heavy (non-hydrogen) atoms. The fourth-order valence-corrected chi connectivity index (χ4v) is 4.44. The second-order valence-corrected chi connectivity index (χ2v) is 8.19. The zero-order valence-electron chi connectivity index (χ0n) is 19.7. The van der Waals surface area contributed by atoms with E-state index < -0.39 is 18.0 Å². The maximum atomic E-state index is 13.7. The molecule has 0 saturated heterocycles. The van der Waals surface area contributed by atoms with Crippen LogP contribution in [0.3, 0.4) is 0 Å². The van der Waals surface area contributed by atoms with Crippen LogP contribution in [-0.2, 0) is 9.47 Å². The highest BCUT2D eigenvalue weighted by molar-refractivity contribution is 6.12. The van der Waals surface area contributed by atoms with Gasteiger partial charge in [0.05, 0.1) is 36.6 Å². The van der Waals surface area contributed by atoms with Crippen molar-refractivity contribution in [2.75, 3.05) is 18.6 Å². The Balaban J connectivity index is 1.62. The minimum absolute atomic E-state index is 0.245. The van der Waals surface area contributed by atoms with Gasteiger partial charge in [0, 0.05) is 16.8 Å². The van der Waals surface area contributed by atoms with Crippen LogP contribution in [0.2, 0.25) is 0 Å². The maximum Gasteiger partial charge on any atom is 0.338 e. The van der Waals surface area contributed by atoms with Gasteiger partial charge < -0.3 is 9.47 Å². The summed E-state index contributed by atoms with van der Waals surface area (Å²) in [5, 5.41) is 7.40. The number of carbonyl (C=O) groups excluding carboxylic acids is 3. The summed E-state index contributed by atoms with van der Waals surface area (Å²) in [6.45, 7) is 2.02. The van der Waals surface area contributed by atoms with E-state index in [0.29, 0.717) is 28.2 Å². The Hall–Kier alpha value is -4.72. The molecule has 5 rings (SSSR count). The van der Waals surface area contributed by atoms with Crippen molar-refractivity contribution in [2.24, 2.45) is 0 Å². The molecule has 1 aromatic heterocycles. The Labute approximate surface area is 207 Å². The van der Waals surface area contributed by atoms with Crippen LogP contribution in [0.4, 0.5) is 5.69 Å². The first-order valence-electron chi connectivity index (χ1n) is 11.5. The van der Waals surface area contributed by atoms with E-state index in [0.717, 1.165) is 16.7 Å². The van der Waals surface area contributed by atoms with Gasteiger partial charge in [0.2, 0.25) is 0 Å². The first-order chi connectivity index (χ1) is 17.5. The van der Waals surface area contributed by atoms with Crippen molar-refractivity contribution < 1.29 is 23.9 Å². The van der Waals surface area contributed by atoms with Crippen LogP contribution < -0.4 is 4.90 Å². The number of rotatable bonds is 6. The Kier molecular flexibility index (Phi) is 6.08. The Bertz CT molecular complexity index is 1430. The van der Waals surface area contributed by atoms with E-state index >= 15 is 0 Å². The molecule has 4 aromatic rings. The van der Waals surface area contributed by atoms with Crippen LogP contribution >= 0.6 is 0 Å². The lowest BCUT2D eigenvalue weighted by Gasteiger charge is -2.26. The van der Waals surface area contributed by atoms with E-state index in [1.165, 1.54) is 7.11 Å². The molecule has 3 aromatic carbocycles. The van der Waals surface area contributed by atoms with Crippen molar-refractivity contribution >= 4 is 23.5 Å². The highest BCUT2D eigenvalue weighted by atomic mass is 16.5. The van der Waals surface area contributed by atoms with Gasteiger partial charge in [-0.2, -0.15) is 5.10 Å². The van der Waals surface area contributed by atoms with E-state index in [1.54, 1.807) is 60.4 Å². The first-order valence-corrected chi connectivity index (χ1v) is 11.5. The summed E-state index contributed by atoms with van der Waals surface area (Å²) in [4.78, 5) is 39.4. The minimum Gasteiger partial charge on any atom is -0.465 e. The Morgan fingerprint density at radius 2 is 1.56 bits per heavy atom. The predicted octanol–water partition coefficient (Wildman–Crippen LogP) is 4.79. The molecule has 0 fully saturated rings. The highest BCUT2D eigenvalue weighted by Gasteiger charge is 2.43. The van der Waals surface area contributed by atoms with Gasteiger partial charge in [0.15, 0.2) is 0 Å². The van der Waals surface area contributed by atoms with Crippen molar-refractivity contribution in [3.8, 4) is 11.3 Å². The number of fused-ring (bicyclic) bond motifs is 1. The Morgan fingerprint density at radius 3 is 2.19 bits per heavy atom. The molecule has 2 heterocycles. The number of nitrogens with one attached hydrogen (secondary N) is 1. The predicted molar refractivity (Wildman–Crippen MR) is 133 cm³/mol. The molecule has 1 atom stereocenters. The molecular weight excluding hydrogens is 458 g/mol. The number of anilines is 1. The Morgan fingerprint density at radius 1 is 0.917 bits per heavy atom. The molecule has 8 heteroatoms. The van der Waals surface area contributed by atoms with Gasteiger partial charge in [-0.05, 0) is 48.9 Å². The molecule has 0 bridgehead atoms. The fourth-order valence-electron chi connectivity index (χ4n) is 4.44. The van der Waals surface area contributed by atoms with Gasteiger partial charge >= 0.3 is 11.9 Å². The molecule has 1 aliphatic heterocycles. The molecule has 0 aliphatic carbocycles. The highest BCUT2D eigenvalue weighted by Crippen LogP contribution is 2.45. The fraction of sp³-hybridized carbons (Fsp3) is 0.143. The van der Waals surface area contributed by atoms with Crippen molar-refractivity contribution in [3.05, 3.63) is 107 Å². The number of amides is 1. The van der Waals surface area contributed by atoms with Crippen LogP contribution in [0.25, 0.3) is 11.3 Å². The van der Waals surface area contributed by atoms with E-state index in [4.69, 9.17) is 9.47 Å². The molecule has 0 saturated carbocycles. The summed E-state index contributed by atoms with van der Waals surface area (Å²) in [6.07, 6.45) is 0. The second-order valence-electron chi connectivity index (χ2n) is 8.19. The minimum atomic E-state index is -0.512. The summed E-state index contributed by atoms with van der Waals surface area (Å²) in [5.74, 6) is -1.11. The summed E-state index contributed by atoms with van der Waals surface area (Å²) >= 11 is 0. The topological polar surface area (TPSA) is 102 Å². The summed E-state index contributed by atoms with van der Waals surface area (Å²) in [6, 6.07) is 22.8. The van der Waals surface area contributed by atoms with E-state index in [9.17, 15) is 14.4 Å². The summed E-state index contributed by atoms with van der Waals surface area (Å²) < 4.78 is 9.90. The zero-order valence-corrected chi connectivity index (χ0v) is 19.7. The molecular formula is C28H23N3O5. The van der Waals surface area contributed by atoms with Crippen molar-refractivity contribution in [2.45, 2.75) is 13.0 Å². The number of nitrogens with zero attached hydrogens (tertiary/aromatic N) is 2. The van der Waals surface area contributed by atoms with Gasteiger partial charge in [-0.1, -0.05) is 42.5 Å². The van der Waals surface area contributed by atoms with Gasteiger partial charge in [-0.3, -0.25) is 14.8 Å². The number of hydrogen-bond acceptors (Lipinski definition) is 6. The number of H-pyrrole nitrogens is 1. The number of methoxy groups -OCH3 is 1. The molecule has 1 aliphatic rings. The van der Waals surface area contributed by atoms with Crippen LogP contribution in [0.5, 0.6) is 0 Å². The third kappa shape index (κ3) is 3.92. The average Bonchev–Trinajstić information content (AvgIpc) is 3.48.